The van der Waals surface area contributed by atoms with Gasteiger partial charge in [0.1, 0.15) is 26.9 Å². The predicted molar refractivity (Wildman–Crippen MR) is 109 cm³/mol. The lowest BCUT2D eigenvalue weighted by atomic mass is 9.70. The lowest BCUT2D eigenvalue weighted by Gasteiger charge is -2.32. The van der Waals surface area contributed by atoms with Gasteiger partial charge in [0, 0.05) is 10.8 Å². The molecular weight excluding hydrogens is 384 g/mol. The topological polar surface area (TPSA) is 91.3 Å². The Balaban J connectivity index is 0.000000199. The third kappa shape index (κ3) is 4.30. The molecule has 3 rings (SSSR count). The minimum Gasteiger partial charge on any atom is -0.747 e. The molecule has 3 fully saturated rings. The molecular formula is C20H34O5S2. The van der Waals surface area contributed by atoms with Crippen molar-refractivity contribution in [2.24, 2.45) is 22.2 Å². The molecule has 1 saturated heterocycles. The summed E-state index contributed by atoms with van der Waals surface area (Å²) in [4.78, 5) is 23.6. The van der Waals surface area contributed by atoms with Gasteiger partial charge in [-0.1, -0.05) is 41.5 Å². The Kier molecular flexibility index (Phi) is 6.31. The van der Waals surface area contributed by atoms with Crippen LogP contribution in [-0.4, -0.2) is 47.0 Å². The molecule has 2 bridgehead atoms. The Hall–Kier alpha value is -0.400. The van der Waals surface area contributed by atoms with Gasteiger partial charge in [0.2, 0.25) is 0 Å². The predicted octanol–water partition coefficient (Wildman–Crippen LogP) is 2.94. The molecule has 0 aromatic rings. The second-order valence-corrected chi connectivity index (χ2v) is 13.8. The van der Waals surface area contributed by atoms with Crippen molar-refractivity contribution >= 4 is 32.6 Å². The third-order valence-corrected chi connectivity index (χ3v) is 10.6. The molecule has 3 aliphatic rings. The Morgan fingerprint density at radius 2 is 1.70 bits per heavy atom. The first-order valence-electron chi connectivity index (χ1n) is 9.79. The van der Waals surface area contributed by atoms with Gasteiger partial charge >= 0.3 is 0 Å². The summed E-state index contributed by atoms with van der Waals surface area (Å²) < 4.78 is 33.3. The van der Waals surface area contributed by atoms with Crippen LogP contribution in [0, 0.1) is 22.2 Å². The zero-order chi connectivity index (χ0) is 20.8. The molecule has 0 aromatic carbocycles. The van der Waals surface area contributed by atoms with Crippen molar-refractivity contribution < 1.29 is 22.6 Å². The maximum Gasteiger partial charge on any atom is 0.187 e. The number of fused-ring (bicyclic) bond motifs is 2. The first kappa shape index (κ1) is 22.9. The zero-order valence-electron chi connectivity index (χ0n) is 17.5. The van der Waals surface area contributed by atoms with Crippen LogP contribution in [-0.2, 0) is 30.6 Å². The lowest BCUT2D eigenvalue weighted by Crippen LogP contribution is -2.38. The third-order valence-electron chi connectivity index (χ3n) is 7.07. The van der Waals surface area contributed by atoms with E-state index in [1.807, 2.05) is 34.6 Å². The molecule has 0 aromatic heterocycles. The van der Waals surface area contributed by atoms with E-state index in [2.05, 4.69) is 0 Å². The Morgan fingerprint density at radius 3 is 2.04 bits per heavy atom. The van der Waals surface area contributed by atoms with Crippen LogP contribution in [0.2, 0.25) is 0 Å². The van der Waals surface area contributed by atoms with Gasteiger partial charge < -0.3 is 4.55 Å². The first-order valence-corrected chi connectivity index (χ1v) is 13.0. The highest BCUT2D eigenvalue weighted by molar-refractivity contribution is 7.97. The van der Waals surface area contributed by atoms with Crippen molar-refractivity contribution in [2.45, 2.75) is 72.5 Å². The largest absolute Gasteiger partial charge is 0.747 e. The van der Waals surface area contributed by atoms with Crippen molar-refractivity contribution in [2.75, 3.05) is 17.3 Å². The molecule has 1 aliphatic heterocycles. The van der Waals surface area contributed by atoms with E-state index in [0.717, 1.165) is 5.75 Å². The number of hydrogen-bond acceptors (Lipinski definition) is 5. The van der Waals surface area contributed by atoms with E-state index < -0.39 is 20.8 Å². The fourth-order valence-corrected chi connectivity index (χ4v) is 8.52. The molecule has 0 N–H and O–H groups in total. The summed E-state index contributed by atoms with van der Waals surface area (Å²) in [5.74, 6) is 3.26. The van der Waals surface area contributed by atoms with Crippen molar-refractivity contribution in [1.82, 2.24) is 0 Å². The van der Waals surface area contributed by atoms with E-state index in [1.165, 1.54) is 24.3 Å². The monoisotopic (exact) mass is 418 g/mol. The molecule has 27 heavy (non-hydrogen) atoms. The maximum atomic E-state index is 12.0. The summed E-state index contributed by atoms with van der Waals surface area (Å²) in [5, 5.41) is -1.30. The van der Waals surface area contributed by atoms with Crippen LogP contribution in [0.5, 0.6) is 0 Å². The quantitative estimate of drug-likeness (QED) is 0.519. The Labute approximate surface area is 167 Å². The minimum atomic E-state index is -4.49. The van der Waals surface area contributed by atoms with Crippen LogP contribution in [0.25, 0.3) is 0 Å². The van der Waals surface area contributed by atoms with Gasteiger partial charge in [0.05, 0.1) is 0 Å². The summed E-state index contributed by atoms with van der Waals surface area (Å²) in [6.07, 6.45) is 4.07. The number of ketones is 2. The highest BCUT2D eigenvalue weighted by Gasteiger charge is 2.67. The second-order valence-electron chi connectivity index (χ2n) is 10.0. The summed E-state index contributed by atoms with van der Waals surface area (Å²) in [5.41, 5.74) is -1.11. The van der Waals surface area contributed by atoms with E-state index in [1.54, 1.807) is 6.92 Å². The van der Waals surface area contributed by atoms with Gasteiger partial charge in [-0.25, -0.2) is 8.42 Å². The summed E-state index contributed by atoms with van der Waals surface area (Å²) >= 11 is 0. The number of rotatable bonds is 3. The number of Topliss-reactive ketones (excluding diaryl/α,β-unsaturated/α-hetero) is 2. The fraction of sp³-hybridized carbons (Fsp3) is 0.900. The molecule has 2 aliphatic carbocycles. The molecule has 7 heteroatoms. The molecule has 3 atom stereocenters. The summed E-state index contributed by atoms with van der Waals surface area (Å²) in [6.45, 7) is 11.7. The van der Waals surface area contributed by atoms with E-state index in [9.17, 15) is 22.6 Å². The van der Waals surface area contributed by atoms with Crippen LogP contribution in [0.15, 0.2) is 0 Å². The molecule has 0 radical (unpaired) electrons. The van der Waals surface area contributed by atoms with E-state index in [4.69, 9.17) is 0 Å². The van der Waals surface area contributed by atoms with Crippen molar-refractivity contribution in [3.05, 3.63) is 0 Å². The summed E-state index contributed by atoms with van der Waals surface area (Å²) in [7, 11) is -4.04. The number of hydrogen-bond donors (Lipinski definition) is 0. The molecule has 2 saturated carbocycles. The van der Waals surface area contributed by atoms with Crippen molar-refractivity contribution in [3.8, 4) is 0 Å². The average Bonchev–Trinajstić information content (AvgIpc) is 3.11. The normalized spacial score (nSPS) is 33.1. The molecule has 156 valence electrons. The zero-order valence-corrected chi connectivity index (χ0v) is 19.1. The summed E-state index contributed by atoms with van der Waals surface area (Å²) in [6, 6.07) is 0. The number of carbonyl (C=O) groups excluding carboxylic acids is 2. The highest BCUT2D eigenvalue weighted by atomic mass is 32.2. The average molecular weight is 419 g/mol. The second kappa shape index (κ2) is 7.45. The van der Waals surface area contributed by atoms with E-state index in [-0.39, 0.29) is 22.5 Å². The van der Waals surface area contributed by atoms with Crippen LogP contribution in [0.4, 0.5) is 0 Å². The standard InChI is InChI=1S/C10H16O4S.C10H19OS/c1-9(2)6-4-5-10(9,3)8(11)7(6)15(12,13)14;1-10(2,3)9(11)8-12-6-4-5-7-12/h6-7H,4-5H2,1-3H3,(H,12,13,14);4-8H2,1-3H3/q;+1/p-1. The van der Waals surface area contributed by atoms with Gasteiger partial charge in [-0.05, 0) is 47.9 Å². The fourth-order valence-electron chi connectivity index (χ4n) is 4.60. The van der Waals surface area contributed by atoms with Crippen LogP contribution in [0.1, 0.15) is 67.2 Å². The molecule has 5 nitrogen and oxygen atoms in total. The lowest BCUT2D eigenvalue weighted by molar-refractivity contribution is -0.128. The van der Waals surface area contributed by atoms with Crippen LogP contribution in [0.3, 0.4) is 0 Å². The first-order chi connectivity index (χ1) is 12.1. The smallest absolute Gasteiger partial charge is 0.187 e. The Morgan fingerprint density at radius 1 is 1.19 bits per heavy atom. The molecule has 0 spiro atoms. The minimum absolute atomic E-state index is 0.115. The SMILES string of the molecule is CC(C)(C)C(=O)C[S+]1CCCC1.CC12CCC(C(S(=O)(=O)[O-])C1=O)C2(C)C. The maximum absolute atomic E-state index is 12.0. The molecule has 0 amide bonds. The van der Waals surface area contributed by atoms with Gasteiger partial charge in [-0.2, -0.15) is 0 Å². The van der Waals surface area contributed by atoms with Crippen molar-refractivity contribution in [3.63, 3.8) is 0 Å². The molecule has 3 unspecified atom stereocenters. The van der Waals surface area contributed by atoms with Crippen LogP contribution >= 0.6 is 0 Å². The van der Waals surface area contributed by atoms with Crippen molar-refractivity contribution in [1.29, 1.82) is 0 Å². The highest BCUT2D eigenvalue weighted by Crippen LogP contribution is 2.64. The molecule has 1 heterocycles. The van der Waals surface area contributed by atoms with E-state index in [0.29, 0.717) is 29.5 Å². The Bertz CT molecular complexity index is 698. The van der Waals surface area contributed by atoms with Gasteiger partial charge in [0.25, 0.3) is 0 Å². The van der Waals surface area contributed by atoms with Gasteiger partial charge in [-0.3, -0.25) is 9.59 Å². The van der Waals surface area contributed by atoms with E-state index >= 15 is 0 Å². The number of carbonyl (C=O) groups is 2. The van der Waals surface area contributed by atoms with Crippen LogP contribution < -0.4 is 0 Å². The van der Waals surface area contributed by atoms with Gasteiger partial charge in [-0.15, -0.1) is 0 Å². The van der Waals surface area contributed by atoms with Gasteiger partial charge in [0.15, 0.2) is 17.3 Å².